The molecule has 0 spiro atoms. The molecule has 0 radical (unpaired) electrons. The van der Waals surface area contributed by atoms with Crippen LogP contribution in [-0.2, 0) is 0 Å². The molecular weight excluding hydrogens is 442 g/mol. The average molecular weight is 472 g/mol. The van der Waals surface area contributed by atoms with Gasteiger partial charge < -0.3 is 8.98 Å². The van der Waals surface area contributed by atoms with Gasteiger partial charge in [0.05, 0.1) is 11.0 Å². The molecule has 4 nitrogen and oxygen atoms in total. The fourth-order valence-electron chi connectivity index (χ4n) is 4.87. The lowest BCUT2D eigenvalue weighted by Gasteiger charge is -2.10. The minimum absolute atomic E-state index is 0.473. The Morgan fingerprint density at radius 3 is 1.72 bits per heavy atom. The van der Waals surface area contributed by atoms with E-state index in [1.807, 2.05) is 36.4 Å². The first-order valence-corrected chi connectivity index (χ1v) is 12.6. The van der Waals surface area contributed by atoms with Gasteiger partial charge in [0.15, 0.2) is 0 Å². The fourth-order valence-corrected chi connectivity index (χ4v) is 4.87. The Labute approximate surface area is 211 Å². The van der Waals surface area contributed by atoms with E-state index in [1.54, 1.807) is 0 Å². The molecule has 0 saturated carbocycles. The van der Waals surface area contributed by atoms with Gasteiger partial charge in [0.25, 0.3) is 0 Å². The maximum absolute atomic E-state index is 6.06. The van der Waals surface area contributed by atoms with E-state index in [1.165, 1.54) is 32.9 Å². The zero-order chi connectivity index (χ0) is 24.8. The van der Waals surface area contributed by atoms with Gasteiger partial charge in [0.2, 0.25) is 11.8 Å². The lowest BCUT2D eigenvalue weighted by molar-refractivity contribution is 0.584. The largest absolute Gasteiger partial charge is 0.416 e. The summed E-state index contributed by atoms with van der Waals surface area (Å²) in [6.07, 6.45) is 0. The van der Waals surface area contributed by atoms with E-state index in [-0.39, 0.29) is 0 Å². The summed E-state index contributed by atoms with van der Waals surface area (Å²) in [4.78, 5) is 0. The van der Waals surface area contributed by atoms with Crippen LogP contribution in [0.3, 0.4) is 0 Å². The molecule has 0 aliphatic carbocycles. The molecule has 0 atom stereocenters. The van der Waals surface area contributed by atoms with Gasteiger partial charge in [0, 0.05) is 27.6 Å². The zero-order valence-electron chi connectivity index (χ0n) is 21.1. The van der Waals surface area contributed by atoms with Crippen LogP contribution in [0.15, 0.2) is 95.4 Å². The van der Waals surface area contributed by atoms with Gasteiger partial charge in [-0.2, -0.15) is 0 Å². The summed E-state index contributed by atoms with van der Waals surface area (Å²) < 4.78 is 8.40. The van der Waals surface area contributed by atoms with E-state index >= 15 is 0 Å². The topological polar surface area (TPSA) is 43.9 Å². The third-order valence-electron chi connectivity index (χ3n) is 6.94. The number of nitrogens with zero attached hydrogens (tertiary/aromatic N) is 3. The van der Waals surface area contributed by atoms with Gasteiger partial charge in [-0.15, -0.1) is 10.2 Å². The molecule has 178 valence electrons. The number of fused-ring (bicyclic) bond motifs is 3. The number of aromatic nitrogens is 3. The lowest BCUT2D eigenvalue weighted by atomic mass is 9.98. The van der Waals surface area contributed by atoms with Crippen molar-refractivity contribution in [1.29, 1.82) is 0 Å². The highest BCUT2D eigenvalue weighted by atomic mass is 16.4. The van der Waals surface area contributed by atoms with Crippen molar-refractivity contribution in [1.82, 2.24) is 14.8 Å². The molecular formula is C32H29N3O. The van der Waals surface area contributed by atoms with E-state index in [9.17, 15) is 0 Å². The van der Waals surface area contributed by atoms with Gasteiger partial charge in [-0.25, -0.2) is 0 Å². The molecule has 0 amide bonds. The Hall–Kier alpha value is -4.18. The molecule has 36 heavy (non-hydrogen) atoms. The first-order chi connectivity index (χ1) is 17.5. The first kappa shape index (κ1) is 22.3. The van der Waals surface area contributed by atoms with Crippen LogP contribution >= 0.6 is 0 Å². The monoisotopic (exact) mass is 471 g/mol. The molecule has 0 N–H and O–H groups in total. The van der Waals surface area contributed by atoms with Gasteiger partial charge in [-0.05, 0) is 77.6 Å². The number of rotatable bonds is 5. The van der Waals surface area contributed by atoms with Crippen molar-refractivity contribution in [3.05, 3.63) is 102 Å². The van der Waals surface area contributed by atoms with Crippen LogP contribution in [0, 0.1) is 0 Å². The Morgan fingerprint density at radius 2 is 1.14 bits per heavy atom. The predicted molar refractivity (Wildman–Crippen MR) is 148 cm³/mol. The van der Waals surface area contributed by atoms with Crippen molar-refractivity contribution in [2.45, 2.75) is 39.5 Å². The highest BCUT2D eigenvalue weighted by Gasteiger charge is 2.17. The molecule has 2 heterocycles. The van der Waals surface area contributed by atoms with Crippen molar-refractivity contribution in [3.8, 4) is 28.6 Å². The van der Waals surface area contributed by atoms with Crippen molar-refractivity contribution >= 4 is 21.8 Å². The van der Waals surface area contributed by atoms with Crippen LogP contribution in [0.25, 0.3) is 50.4 Å². The number of hydrogen-bond donors (Lipinski definition) is 0. The second-order valence-corrected chi connectivity index (χ2v) is 10.0. The Morgan fingerprint density at radius 1 is 0.583 bits per heavy atom. The van der Waals surface area contributed by atoms with Crippen molar-refractivity contribution < 1.29 is 4.42 Å². The molecule has 2 aromatic heterocycles. The van der Waals surface area contributed by atoms with E-state index < -0.39 is 0 Å². The summed E-state index contributed by atoms with van der Waals surface area (Å²) in [5.74, 6) is 1.98. The predicted octanol–water partition coefficient (Wildman–Crippen LogP) is 8.75. The van der Waals surface area contributed by atoms with Gasteiger partial charge >= 0.3 is 0 Å². The van der Waals surface area contributed by atoms with E-state index in [0.717, 1.165) is 16.8 Å². The first-order valence-electron chi connectivity index (χ1n) is 12.6. The van der Waals surface area contributed by atoms with Crippen LogP contribution in [0.5, 0.6) is 0 Å². The summed E-state index contributed by atoms with van der Waals surface area (Å²) in [5, 5.41) is 11.2. The van der Waals surface area contributed by atoms with Crippen LogP contribution in [0.2, 0.25) is 0 Å². The molecule has 4 heteroatoms. The normalized spacial score (nSPS) is 11.8. The molecule has 6 rings (SSSR count). The Kier molecular flexibility index (Phi) is 5.45. The van der Waals surface area contributed by atoms with Crippen LogP contribution in [0.1, 0.15) is 50.7 Å². The highest BCUT2D eigenvalue weighted by Crippen LogP contribution is 2.36. The SMILES string of the molecule is CC(C)c1ccc2c(c1)c1cc(C(C)C)ccc1n2-c1cccc(-c2nnc(-c3ccccc3)o2)c1. The minimum Gasteiger partial charge on any atom is -0.416 e. The molecule has 0 aliphatic rings. The summed E-state index contributed by atoms with van der Waals surface area (Å²) in [7, 11) is 0. The maximum Gasteiger partial charge on any atom is 0.248 e. The molecule has 0 fully saturated rings. The summed E-state index contributed by atoms with van der Waals surface area (Å²) >= 11 is 0. The Balaban J connectivity index is 1.52. The molecule has 0 bridgehead atoms. The van der Waals surface area contributed by atoms with Gasteiger partial charge in [-0.1, -0.05) is 64.1 Å². The smallest absolute Gasteiger partial charge is 0.248 e. The molecule has 0 aliphatic heterocycles. The quantitative estimate of drug-likeness (QED) is 0.252. The Bertz CT molecular complexity index is 1620. The molecule has 0 unspecified atom stereocenters. The van der Waals surface area contributed by atoms with Crippen LogP contribution in [0.4, 0.5) is 0 Å². The lowest BCUT2D eigenvalue weighted by Crippen LogP contribution is -1.95. The average Bonchev–Trinajstić information content (AvgIpc) is 3.52. The minimum atomic E-state index is 0.473. The summed E-state index contributed by atoms with van der Waals surface area (Å²) in [6, 6.07) is 31.9. The van der Waals surface area contributed by atoms with Crippen molar-refractivity contribution in [2.75, 3.05) is 0 Å². The second kappa shape index (κ2) is 8.80. The van der Waals surface area contributed by atoms with E-state index in [2.05, 4.69) is 97.1 Å². The van der Waals surface area contributed by atoms with Gasteiger partial charge in [-0.3, -0.25) is 0 Å². The number of hydrogen-bond acceptors (Lipinski definition) is 3. The summed E-state index contributed by atoms with van der Waals surface area (Å²) in [5.41, 5.74) is 7.98. The molecule has 6 aromatic rings. The van der Waals surface area contributed by atoms with Gasteiger partial charge in [0.1, 0.15) is 0 Å². The van der Waals surface area contributed by atoms with E-state index in [0.29, 0.717) is 23.6 Å². The number of benzene rings is 4. The van der Waals surface area contributed by atoms with Crippen molar-refractivity contribution in [3.63, 3.8) is 0 Å². The van der Waals surface area contributed by atoms with E-state index in [4.69, 9.17) is 4.42 Å². The molecule has 0 saturated heterocycles. The standard InChI is InChI=1S/C32H29N3O/c1-20(2)23-13-15-29-27(18-23)28-19-24(21(3)4)14-16-30(28)35(29)26-12-8-11-25(17-26)32-34-33-31(36-32)22-9-6-5-7-10-22/h5-21H,1-4H3. The third kappa shape index (κ3) is 3.79. The maximum atomic E-state index is 6.06. The van der Waals surface area contributed by atoms with Crippen LogP contribution in [-0.4, -0.2) is 14.8 Å². The molecule has 4 aromatic carbocycles. The highest BCUT2D eigenvalue weighted by molar-refractivity contribution is 6.09. The summed E-state index contributed by atoms with van der Waals surface area (Å²) in [6.45, 7) is 8.99. The third-order valence-corrected chi connectivity index (χ3v) is 6.94. The van der Waals surface area contributed by atoms with Crippen LogP contribution < -0.4 is 0 Å². The van der Waals surface area contributed by atoms with Crippen molar-refractivity contribution in [2.24, 2.45) is 0 Å². The second-order valence-electron chi connectivity index (χ2n) is 10.0. The fraction of sp³-hybridized carbons (Fsp3) is 0.188. The zero-order valence-corrected chi connectivity index (χ0v) is 21.1.